The summed E-state index contributed by atoms with van der Waals surface area (Å²) < 4.78 is 0. The summed E-state index contributed by atoms with van der Waals surface area (Å²) in [6.45, 7) is 5.70. The van der Waals surface area contributed by atoms with E-state index in [2.05, 4.69) is 30.9 Å². The molecule has 5 nitrogen and oxygen atoms in total. The lowest BCUT2D eigenvalue weighted by molar-refractivity contribution is -0.142. The molecule has 1 aliphatic heterocycles. The van der Waals surface area contributed by atoms with Gasteiger partial charge < -0.3 is 10.0 Å². The van der Waals surface area contributed by atoms with Crippen LogP contribution in [0.2, 0.25) is 0 Å². The molecule has 1 saturated heterocycles. The smallest absolute Gasteiger partial charge is 0.306 e. The van der Waals surface area contributed by atoms with Gasteiger partial charge in [-0.3, -0.25) is 4.79 Å². The molecule has 0 spiro atoms. The van der Waals surface area contributed by atoms with Crippen LogP contribution in [0.4, 0.5) is 5.82 Å². The molecule has 0 aliphatic carbocycles. The average molecular weight is 382 g/mol. The van der Waals surface area contributed by atoms with Gasteiger partial charge in [0, 0.05) is 24.4 Å². The van der Waals surface area contributed by atoms with Crippen molar-refractivity contribution in [1.29, 1.82) is 0 Å². The van der Waals surface area contributed by atoms with Crippen LogP contribution in [0.15, 0.2) is 30.3 Å². The van der Waals surface area contributed by atoms with Crippen LogP contribution < -0.4 is 4.90 Å². The molecular weight excluding hydrogens is 358 g/mol. The summed E-state index contributed by atoms with van der Waals surface area (Å²) in [6.07, 6.45) is 2.03. The lowest BCUT2D eigenvalue weighted by atomic mass is 9.97. The van der Waals surface area contributed by atoms with Crippen LogP contribution in [0.5, 0.6) is 0 Å². The maximum atomic E-state index is 11.3. The van der Waals surface area contributed by atoms with Gasteiger partial charge in [-0.15, -0.1) is 11.3 Å². The summed E-state index contributed by atoms with van der Waals surface area (Å²) >= 11 is 1.72. The molecule has 1 aliphatic rings. The van der Waals surface area contributed by atoms with Gasteiger partial charge in [0.1, 0.15) is 16.5 Å². The van der Waals surface area contributed by atoms with Crippen molar-refractivity contribution in [3.63, 3.8) is 0 Å². The van der Waals surface area contributed by atoms with Crippen molar-refractivity contribution in [2.24, 2.45) is 5.92 Å². The quantitative estimate of drug-likeness (QED) is 0.734. The number of nitrogens with zero attached hydrogens (tertiary/aromatic N) is 3. The predicted molar refractivity (Wildman–Crippen MR) is 109 cm³/mol. The Hall–Kier alpha value is -2.47. The van der Waals surface area contributed by atoms with E-state index in [0.717, 1.165) is 34.9 Å². The van der Waals surface area contributed by atoms with E-state index < -0.39 is 5.97 Å². The fourth-order valence-corrected chi connectivity index (χ4v) is 4.74. The zero-order valence-corrected chi connectivity index (χ0v) is 16.4. The van der Waals surface area contributed by atoms with Crippen LogP contribution in [0.25, 0.3) is 10.2 Å². The van der Waals surface area contributed by atoms with E-state index >= 15 is 0 Å². The Morgan fingerprint density at radius 3 is 2.56 bits per heavy atom. The highest BCUT2D eigenvalue weighted by Crippen LogP contribution is 2.36. The fraction of sp³-hybridized carbons (Fsp3) is 0.381. The molecule has 27 heavy (non-hydrogen) atoms. The zero-order chi connectivity index (χ0) is 19.0. The van der Waals surface area contributed by atoms with E-state index in [1.807, 2.05) is 18.2 Å². The number of anilines is 1. The van der Waals surface area contributed by atoms with E-state index in [4.69, 9.17) is 9.97 Å². The molecule has 0 saturated carbocycles. The molecule has 0 atom stereocenters. The van der Waals surface area contributed by atoms with Crippen molar-refractivity contribution >= 4 is 33.3 Å². The number of piperidine rings is 1. The summed E-state index contributed by atoms with van der Waals surface area (Å²) in [7, 11) is 0. The van der Waals surface area contributed by atoms with Crippen molar-refractivity contribution in [2.45, 2.75) is 33.1 Å². The van der Waals surface area contributed by atoms with Crippen LogP contribution in [-0.4, -0.2) is 34.1 Å². The zero-order valence-electron chi connectivity index (χ0n) is 15.6. The molecule has 1 fully saturated rings. The highest BCUT2D eigenvalue weighted by Gasteiger charge is 2.27. The van der Waals surface area contributed by atoms with Crippen LogP contribution in [0.1, 0.15) is 34.7 Å². The van der Waals surface area contributed by atoms with Crippen molar-refractivity contribution < 1.29 is 9.90 Å². The second kappa shape index (κ2) is 7.27. The summed E-state index contributed by atoms with van der Waals surface area (Å²) in [6, 6.07) is 10.3. The third kappa shape index (κ3) is 3.54. The number of carbonyl (C=O) groups is 1. The molecular formula is C21H23N3O2S. The van der Waals surface area contributed by atoms with E-state index in [0.29, 0.717) is 19.3 Å². The molecule has 2 aromatic heterocycles. The summed E-state index contributed by atoms with van der Waals surface area (Å²) in [5, 5.41) is 10.4. The minimum absolute atomic E-state index is 0.243. The third-order valence-electron chi connectivity index (χ3n) is 5.40. The number of aryl methyl sites for hydroxylation is 2. The first-order valence-corrected chi connectivity index (χ1v) is 10.1. The summed E-state index contributed by atoms with van der Waals surface area (Å²) in [4.78, 5) is 25.6. The standard InChI is InChI=1S/C21H23N3O2S/c1-13-14(2)27-20-18(13)19(24-10-8-16(9-11-24)21(25)26)22-17(23-20)12-15-6-4-3-5-7-15/h3-7,16H,8-12H2,1-2H3,(H,25,26). The third-order valence-corrected chi connectivity index (χ3v) is 6.51. The number of hydrogen-bond donors (Lipinski definition) is 1. The first-order valence-electron chi connectivity index (χ1n) is 9.31. The van der Waals surface area contributed by atoms with Crippen molar-refractivity contribution in [3.8, 4) is 0 Å². The first-order chi connectivity index (χ1) is 13.0. The van der Waals surface area contributed by atoms with Gasteiger partial charge in [-0.2, -0.15) is 0 Å². The first kappa shape index (κ1) is 17.9. The predicted octanol–water partition coefficient (Wildman–Crippen LogP) is 4.20. The normalized spacial score (nSPS) is 15.4. The van der Waals surface area contributed by atoms with Crippen LogP contribution in [-0.2, 0) is 11.2 Å². The molecule has 1 N–H and O–H groups in total. The Morgan fingerprint density at radius 1 is 1.19 bits per heavy atom. The lowest BCUT2D eigenvalue weighted by Crippen LogP contribution is -2.37. The summed E-state index contributed by atoms with van der Waals surface area (Å²) in [5.41, 5.74) is 2.43. The molecule has 0 bridgehead atoms. The van der Waals surface area contributed by atoms with E-state index in [1.165, 1.54) is 16.0 Å². The van der Waals surface area contributed by atoms with Gasteiger partial charge in [-0.25, -0.2) is 9.97 Å². The number of thiophene rings is 1. The minimum atomic E-state index is -0.685. The molecule has 0 radical (unpaired) electrons. The Bertz CT molecular complexity index is 976. The number of carboxylic acid groups (broad SMARTS) is 1. The summed E-state index contributed by atoms with van der Waals surface area (Å²) in [5.74, 6) is 0.865. The van der Waals surface area contributed by atoms with Gasteiger partial charge in [0.25, 0.3) is 0 Å². The molecule has 3 heterocycles. The molecule has 140 valence electrons. The maximum Gasteiger partial charge on any atom is 0.306 e. The van der Waals surface area contributed by atoms with Crippen molar-refractivity contribution in [2.75, 3.05) is 18.0 Å². The Labute approximate surface area is 162 Å². The number of rotatable bonds is 4. The Morgan fingerprint density at radius 2 is 1.89 bits per heavy atom. The van der Waals surface area contributed by atoms with Crippen LogP contribution >= 0.6 is 11.3 Å². The van der Waals surface area contributed by atoms with E-state index in [1.54, 1.807) is 11.3 Å². The Balaban J connectivity index is 1.72. The number of aromatic nitrogens is 2. The number of benzene rings is 1. The maximum absolute atomic E-state index is 11.3. The molecule has 0 amide bonds. The second-order valence-electron chi connectivity index (χ2n) is 7.19. The van der Waals surface area contributed by atoms with Gasteiger partial charge in [-0.1, -0.05) is 30.3 Å². The molecule has 6 heteroatoms. The molecule has 0 unspecified atom stereocenters. The van der Waals surface area contributed by atoms with Gasteiger partial charge >= 0.3 is 5.97 Å². The number of fused-ring (bicyclic) bond motifs is 1. The van der Waals surface area contributed by atoms with Gasteiger partial charge in [0.15, 0.2) is 0 Å². The van der Waals surface area contributed by atoms with Gasteiger partial charge in [0.05, 0.1) is 11.3 Å². The second-order valence-corrected chi connectivity index (χ2v) is 8.39. The number of hydrogen-bond acceptors (Lipinski definition) is 5. The van der Waals surface area contributed by atoms with Gasteiger partial charge in [-0.05, 0) is 37.8 Å². The van der Waals surface area contributed by atoms with Crippen LogP contribution in [0, 0.1) is 19.8 Å². The highest BCUT2D eigenvalue weighted by atomic mass is 32.1. The SMILES string of the molecule is Cc1sc2nc(Cc3ccccc3)nc(N3CCC(C(=O)O)CC3)c2c1C. The van der Waals surface area contributed by atoms with Crippen LogP contribution in [0.3, 0.4) is 0 Å². The topological polar surface area (TPSA) is 66.3 Å². The van der Waals surface area contributed by atoms with E-state index in [-0.39, 0.29) is 5.92 Å². The van der Waals surface area contributed by atoms with E-state index in [9.17, 15) is 9.90 Å². The average Bonchev–Trinajstić information content (AvgIpc) is 2.96. The van der Waals surface area contributed by atoms with Gasteiger partial charge in [0.2, 0.25) is 0 Å². The largest absolute Gasteiger partial charge is 0.481 e. The van der Waals surface area contributed by atoms with Crippen molar-refractivity contribution in [1.82, 2.24) is 9.97 Å². The van der Waals surface area contributed by atoms with Crippen molar-refractivity contribution in [3.05, 3.63) is 52.2 Å². The highest BCUT2D eigenvalue weighted by molar-refractivity contribution is 7.18. The fourth-order valence-electron chi connectivity index (χ4n) is 3.70. The molecule has 4 rings (SSSR count). The number of carboxylic acids is 1. The molecule has 1 aromatic carbocycles. The minimum Gasteiger partial charge on any atom is -0.481 e. The monoisotopic (exact) mass is 381 g/mol. The lowest BCUT2D eigenvalue weighted by Gasteiger charge is -2.31. The number of aliphatic carboxylic acids is 1. The Kier molecular flexibility index (Phi) is 4.83. The molecule has 3 aromatic rings.